The predicted molar refractivity (Wildman–Crippen MR) is 68.2 cm³/mol. The Balaban J connectivity index is 2.75. The standard InChI is InChI=1S/C13H19FN2O2/c1-3-18-12-10(5-4-6-11(12)14)13(17)16-8-7-9(2)15/h4-6,9H,3,7-8,15H2,1-2H3,(H,16,17). The predicted octanol–water partition coefficient (Wildman–Crippen LogP) is 1.69. The summed E-state index contributed by atoms with van der Waals surface area (Å²) in [4.78, 5) is 11.9. The number of benzene rings is 1. The molecule has 0 saturated heterocycles. The van der Waals surface area contributed by atoms with Crippen molar-refractivity contribution < 1.29 is 13.9 Å². The largest absolute Gasteiger partial charge is 0.490 e. The van der Waals surface area contributed by atoms with E-state index in [9.17, 15) is 9.18 Å². The fraction of sp³-hybridized carbons (Fsp3) is 0.462. The Morgan fingerprint density at radius 3 is 2.89 bits per heavy atom. The lowest BCUT2D eigenvalue weighted by molar-refractivity contribution is 0.0948. The number of rotatable bonds is 6. The Labute approximate surface area is 106 Å². The van der Waals surface area contributed by atoms with Gasteiger partial charge in [0.25, 0.3) is 5.91 Å². The average Bonchev–Trinajstić information content (AvgIpc) is 2.31. The molecule has 18 heavy (non-hydrogen) atoms. The van der Waals surface area contributed by atoms with E-state index >= 15 is 0 Å². The van der Waals surface area contributed by atoms with Gasteiger partial charge in [0.2, 0.25) is 0 Å². The van der Waals surface area contributed by atoms with Gasteiger partial charge >= 0.3 is 0 Å². The number of hydrogen-bond acceptors (Lipinski definition) is 3. The lowest BCUT2D eigenvalue weighted by Crippen LogP contribution is -2.29. The van der Waals surface area contributed by atoms with Crippen LogP contribution in [0.15, 0.2) is 18.2 Å². The first-order chi connectivity index (χ1) is 8.56. The molecule has 3 N–H and O–H groups in total. The minimum atomic E-state index is -0.531. The van der Waals surface area contributed by atoms with Crippen LogP contribution in [0.2, 0.25) is 0 Å². The van der Waals surface area contributed by atoms with E-state index in [1.807, 2.05) is 6.92 Å². The second kappa shape index (κ2) is 6.96. The van der Waals surface area contributed by atoms with Gasteiger partial charge in [-0.25, -0.2) is 4.39 Å². The monoisotopic (exact) mass is 254 g/mol. The van der Waals surface area contributed by atoms with Gasteiger partial charge in [-0.15, -0.1) is 0 Å². The second-order valence-corrected chi connectivity index (χ2v) is 4.07. The maximum Gasteiger partial charge on any atom is 0.255 e. The Hall–Kier alpha value is -1.62. The molecule has 1 aromatic rings. The summed E-state index contributed by atoms with van der Waals surface area (Å²) in [6.45, 7) is 4.36. The zero-order valence-corrected chi connectivity index (χ0v) is 10.7. The lowest BCUT2D eigenvalue weighted by atomic mass is 10.1. The molecule has 0 spiro atoms. The van der Waals surface area contributed by atoms with E-state index in [2.05, 4.69) is 5.32 Å². The van der Waals surface area contributed by atoms with Crippen molar-refractivity contribution in [3.05, 3.63) is 29.6 Å². The summed E-state index contributed by atoms with van der Waals surface area (Å²) in [6, 6.07) is 4.31. The molecule has 0 saturated carbocycles. The highest BCUT2D eigenvalue weighted by Crippen LogP contribution is 2.22. The molecule has 1 amide bonds. The third kappa shape index (κ3) is 4.00. The molecule has 0 heterocycles. The Kier molecular flexibility index (Phi) is 5.58. The van der Waals surface area contributed by atoms with E-state index < -0.39 is 5.82 Å². The van der Waals surface area contributed by atoms with Crippen LogP contribution < -0.4 is 15.8 Å². The molecule has 100 valence electrons. The number of carbonyl (C=O) groups excluding carboxylic acids is 1. The molecule has 0 aliphatic heterocycles. The average molecular weight is 254 g/mol. The fourth-order valence-corrected chi connectivity index (χ4v) is 1.49. The highest BCUT2D eigenvalue weighted by atomic mass is 19.1. The van der Waals surface area contributed by atoms with Crippen LogP contribution in [0.3, 0.4) is 0 Å². The van der Waals surface area contributed by atoms with E-state index in [1.165, 1.54) is 18.2 Å². The summed E-state index contributed by atoms with van der Waals surface area (Å²) in [6.07, 6.45) is 0.672. The summed E-state index contributed by atoms with van der Waals surface area (Å²) >= 11 is 0. The molecular weight excluding hydrogens is 235 g/mol. The van der Waals surface area contributed by atoms with Crippen molar-refractivity contribution in [2.75, 3.05) is 13.2 Å². The van der Waals surface area contributed by atoms with Crippen molar-refractivity contribution in [3.63, 3.8) is 0 Å². The summed E-state index contributed by atoms with van der Waals surface area (Å²) in [5.74, 6) is -0.881. The maximum absolute atomic E-state index is 13.5. The quantitative estimate of drug-likeness (QED) is 0.812. The normalized spacial score (nSPS) is 12.0. The minimum absolute atomic E-state index is 0.00158. The molecule has 0 aliphatic rings. The summed E-state index contributed by atoms with van der Waals surface area (Å²) < 4.78 is 18.7. The second-order valence-electron chi connectivity index (χ2n) is 4.07. The van der Waals surface area contributed by atoms with Gasteiger partial charge in [0.1, 0.15) is 0 Å². The van der Waals surface area contributed by atoms with Crippen molar-refractivity contribution in [1.82, 2.24) is 5.32 Å². The van der Waals surface area contributed by atoms with Crippen LogP contribution in [0.4, 0.5) is 4.39 Å². The van der Waals surface area contributed by atoms with E-state index in [-0.39, 0.29) is 23.3 Å². The zero-order chi connectivity index (χ0) is 13.5. The van der Waals surface area contributed by atoms with Crippen molar-refractivity contribution >= 4 is 5.91 Å². The van der Waals surface area contributed by atoms with Crippen molar-refractivity contribution in [1.29, 1.82) is 0 Å². The first-order valence-electron chi connectivity index (χ1n) is 6.01. The van der Waals surface area contributed by atoms with Gasteiger partial charge in [0.15, 0.2) is 11.6 Å². The SMILES string of the molecule is CCOc1c(F)cccc1C(=O)NCCC(C)N. The van der Waals surface area contributed by atoms with Gasteiger partial charge in [0.05, 0.1) is 12.2 Å². The first-order valence-corrected chi connectivity index (χ1v) is 6.01. The third-order valence-electron chi connectivity index (χ3n) is 2.39. The highest BCUT2D eigenvalue weighted by Gasteiger charge is 2.15. The molecule has 4 nitrogen and oxygen atoms in total. The van der Waals surface area contributed by atoms with Crippen LogP contribution >= 0.6 is 0 Å². The Bertz CT molecular complexity index is 408. The van der Waals surface area contributed by atoms with Gasteiger partial charge < -0.3 is 15.8 Å². The summed E-state index contributed by atoms with van der Waals surface area (Å²) in [5, 5.41) is 2.69. The van der Waals surface area contributed by atoms with Gasteiger partial charge in [0, 0.05) is 12.6 Å². The number of ether oxygens (including phenoxy) is 1. The van der Waals surface area contributed by atoms with E-state index in [0.29, 0.717) is 19.6 Å². The molecule has 1 unspecified atom stereocenters. The van der Waals surface area contributed by atoms with Crippen LogP contribution in [-0.2, 0) is 0 Å². The molecule has 1 rings (SSSR count). The van der Waals surface area contributed by atoms with Crippen molar-refractivity contribution in [3.8, 4) is 5.75 Å². The highest BCUT2D eigenvalue weighted by molar-refractivity contribution is 5.96. The number of amides is 1. The first kappa shape index (κ1) is 14.4. The third-order valence-corrected chi connectivity index (χ3v) is 2.39. The number of nitrogens with one attached hydrogen (secondary N) is 1. The van der Waals surface area contributed by atoms with E-state index in [0.717, 1.165) is 0 Å². The minimum Gasteiger partial charge on any atom is -0.490 e. The maximum atomic E-state index is 13.5. The molecule has 5 heteroatoms. The van der Waals surface area contributed by atoms with Crippen molar-refractivity contribution in [2.45, 2.75) is 26.3 Å². The number of halogens is 1. The fourth-order valence-electron chi connectivity index (χ4n) is 1.49. The molecular formula is C13H19FN2O2. The lowest BCUT2D eigenvalue weighted by Gasteiger charge is -2.12. The molecule has 0 aromatic heterocycles. The molecule has 0 radical (unpaired) electrons. The number of para-hydroxylation sites is 1. The number of hydrogen-bond donors (Lipinski definition) is 2. The van der Waals surface area contributed by atoms with Crippen molar-refractivity contribution in [2.24, 2.45) is 5.73 Å². The van der Waals surface area contributed by atoms with Gasteiger partial charge in [-0.05, 0) is 32.4 Å². The molecule has 1 atom stereocenters. The van der Waals surface area contributed by atoms with Gasteiger partial charge in [-0.1, -0.05) is 6.07 Å². The number of carbonyl (C=O) groups is 1. The van der Waals surface area contributed by atoms with Crippen LogP contribution in [-0.4, -0.2) is 25.1 Å². The Morgan fingerprint density at radius 1 is 1.56 bits per heavy atom. The number of nitrogens with two attached hydrogens (primary N) is 1. The van der Waals surface area contributed by atoms with E-state index in [4.69, 9.17) is 10.5 Å². The smallest absolute Gasteiger partial charge is 0.255 e. The summed E-state index contributed by atoms with van der Waals surface area (Å²) in [5.41, 5.74) is 5.79. The molecule has 1 aromatic carbocycles. The van der Waals surface area contributed by atoms with Gasteiger partial charge in [-0.3, -0.25) is 4.79 Å². The molecule has 0 aliphatic carbocycles. The van der Waals surface area contributed by atoms with Gasteiger partial charge in [-0.2, -0.15) is 0 Å². The van der Waals surface area contributed by atoms with E-state index in [1.54, 1.807) is 6.92 Å². The van der Waals surface area contributed by atoms with Crippen LogP contribution in [0.25, 0.3) is 0 Å². The molecule has 0 bridgehead atoms. The van der Waals surface area contributed by atoms with Crippen LogP contribution in [0.5, 0.6) is 5.75 Å². The molecule has 0 fully saturated rings. The summed E-state index contributed by atoms with van der Waals surface area (Å²) in [7, 11) is 0. The van der Waals surface area contributed by atoms with Crippen LogP contribution in [0, 0.1) is 5.82 Å². The topological polar surface area (TPSA) is 64.3 Å². The zero-order valence-electron chi connectivity index (χ0n) is 10.7. The van der Waals surface area contributed by atoms with Crippen LogP contribution in [0.1, 0.15) is 30.6 Å². The Morgan fingerprint density at radius 2 is 2.28 bits per heavy atom.